The molecule has 1 aliphatic rings. The van der Waals surface area contributed by atoms with Gasteiger partial charge in [-0.1, -0.05) is 17.7 Å². The van der Waals surface area contributed by atoms with Crippen LogP contribution in [0.4, 0.5) is 5.69 Å². The van der Waals surface area contributed by atoms with Crippen molar-refractivity contribution in [3.63, 3.8) is 0 Å². The number of carbonyl (C=O) groups excluding carboxylic acids is 2. The van der Waals surface area contributed by atoms with E-state index in [2.05, 4.69) is 14.1 Å². The summed E-state index contributed by atoms with van der Waals surface area (Å²) in [6, 6.07) is 12.0. The molecule has 4 rings (SSSR count). The molecule has 0 saturated carbocycles. The van der Waals surface area contributed by atoms with Gasteiger partial charge in [-0.2, -0.15) is 8.75 Å². The molecule has 1 aromatic heterocycles. The molecule has 2 amide bonds. The number of rotatable bonds is 2. The largest absolute Gasteiger partial charge is 0.298 e. The average molecular weight is 401 g/mol. The maximum atomic E-state index is 12.9. The lowest BCUT2D eigenvalue weighted by Gasteiger charge is -2.28. The minimum atomic E-state index is -0.540. The molecule has 0 unspecified atom stereocenters. The minimum absolute atomic E-state index is 0.0175. The predicted molar refractivity (Wildman–Crippen MR) is 105 cm³/mol. The molecule has 2 heterocycles. The Labute approximate surface area is 162 Å². The van der Waals surface area contributed by atoms with Gasteiger partial charge in [0.15, 0.2) is 5.11 Å². The van der Waals surface area contributed by atoms with Crippen molar-refractivity contribution >= 4 is 75.3 Å². The van der Waals surface area contributed by atoms with E-state index in [0.29, 0.717) is 21.8 Å². The minimum Gasteiger partial charge on any atom is -0.298 e. The first-order valence-corrected chi connectivity index (χ1v) is 8.94. The molecule has 3 aromatic rings. The predicted octanol–water partition coefficient (Wildman–Crippen LogP) is 3.18. The van der Waals surface area contributed by atoms with E-state index >= 15 is 0 Å². The standard InChI is InChI=1S/C17H9ClN4O2S2/c18-10-2-4-11(5-3-10)22-16(24)12(15(23)19-17(22)25)7-9-1-6-13-14(8-9)21-26-20-13/h1-8H,(H,19,23,25). The van der Waals surface area contributed by atoms with Crippen LogP contribution >= 0.6 is 35.5 Å². The highest BCUT2D eigenvalue weighted by atomic mass is 35.5. The van der Waals surface area contributed by atoms with Crippen molar-refractivity contribution in [3.05, 3.63) is 58.6 Å². The van der Waals surface area contributed by atoms with Crippen molar-refractivity contribution in [2.24, 2.45) is 0 Å². The van der Waals surface area contributed by atoms with E-state index in [1.165, 1.54) is 11.0 Å². The molecule has 0 atom stereocenters. The van der Waals surface area contributed by atoms with Gasteiger partial charge in [0.1, 0.15) is 16.6 Å². The first kappa shape index (κ1) is 16.8. The van der Waals surface area contributed by atoms with E-state index in [9.17, 15) is 9.59 Å². The van der Waals surface area contributed by atoms with Crippen molar-refractivity contribution in [2.45, 2.75) is 0 Å². The molecule has 1 aliphatic heterocycles. The second-order valence-corrected chi connectivity index (χ2v) is 6.80. The molecule has 9 heteroatoms. The molecule has 0 aliphatic carbocycles. The number of amides is 2. The Morgan fingerprint density at radius 2 is 1.81 bits per heavy atom. The summed E-state index contributed by atoms with van der Waals surface area (Å²) < 4.78 is 8.30. The third-order valence-corrected chi connectivity index (χ3v) is 4.87. The van der Waals surface area contributed by atoms with E-state index < -0.39 is 11.8 Å². The number of carbonyl (C=O) groups is 2. The topological polar surface area (TPSA) is 75.2 Å². The fourth-order valence-corrected chi connectivity index (χ4v) is 3.46. The van der Waals surface area contributed by atoms with Gasteiger partial charge in [0.05, 0.1) is 17.4 Å². The molecule has 1 fully saturated rings. The number of nitrogens with one attached hydrogen (secondary N) is 1. The summed E-state index contributed by atoms with van der Waals surface area (Å²) >= 11 is 12.2. The Hall–Kier alpha value is -2.68. The van der Waals surface area contributed by atoms with Gasteiger partial charge in [-0.05, 0) is 60.3 Å². The molecule has 0 radical (unpaired) electrons. The second-order valence-electron chi connectivity index (χ2n) is 5.45. The van der Waals surface area contributed by atoms with E-state index in [1.807, 2.05) is 0 Å². The summed E-state index contributed by atoms with van der Waals surface area (Å²) in [7, 11) is 0. The number of thiocarbonyl (C=S) groups is 1. The van der Waals surface area contributed by atoms with Crippen molar-refractivity contribution in [2.75, 3.05) is 4.90 Å². The molecule has 6 nitrogen and oxygen atoms in total. The second kappa shape index (κ2) is 6.56. The first-order valence-electron chi connectivity index (χ1n) is 7.42. The number of halogens is 1. The van der Waals surface area contributed by atoms with Gasteiger partial charge in [0, 0.05) is 5.02 Å². The van der Waals surface area contributed by atoms with Crippen molar-refractivity contribution in [1.29, 1.82) is 0 Å². The van der Waals surface area contributed by atoms with Gasteiger partial charge in [-0.3, -0.25) is 19.8 Å². The monoisotopic (exact) mass is 400 g/mol. The Bertz CT molecular complexity index is 1090. The van der Waals surface area contributed by atoms with Gasteiger partial charge in [0.2, 0.25) is 0 Å². The smallest absolute Gasteiger partial charge is 0.270 e. The van der Waals surface area contributed by atoms with Crippen LogP contribution in [0.5, 0.6) is 0 Å². The highest BCUT2D eigenvalue weighted by Crippen LogP contribution is 2.24. The van der Waals surface area contributed by atoms with Crippen LogP contribution in [0, 0.1) is 0 Å². The van der Waals surface area contributed by atoms with Crippen LogP contribution < -0.4 is 10.2 Å². The quantitative estimate of drug-likeness (QED) is 0.406. The molecule has 1 saturated heterocycles. The van der Waals surface area contributed by atoms with Crippen molar-refractivity contribution in [3.8, 4) is 0 Å². The van der Waals surface area contributed by atoms with Crippen molar-refractivity contribution in [1.82, 2.24) is 14.1 Å². The van der Waals surface area contributed by atoms with E-state index in [4.69, 9.17) is 23.8 Å². The molecule has 0 bridgehead atoms. The summed E-state index contributed by atoms with van der Waals surface area (Å²) in [6.07, 6.45) is 1.52. The van der Waals surface area contributed by atoms with Gasteiger partial charge in [0.25, 0.3) is 11.8 Å². The third-order valence-electron chi connectivity index (χ3n) is 3.78. The Morgan fingerprint density at radius 3 is 2.58 bits per heavy atom. The fourth-order valence-electron chi connectivity index (χ4n) is 2.54. The van der Waals surface area contributed by atoms with E-state index in [0.717, 1.165) is 17.2 Å². The van der Waals surface area contributed by atoms with Crippen LogP contribution in [0.1, 0.15) is 5.56 Å². The SMILES string of the molecule is O=C1NC(=S)N(c2ccc(Cl)cc2)C(=O)C1=Cc1ccc2nsnc2c1. The number of aromatic nitrogens is 2. The maximum Gasteiger partial charge on any atom is 0.270 e. The summed E-state index contributed by atoms with van der Waals surface area (Å²) in [5.74, 6) is -1.04. The number of benzene rings is 2. The van der Waals surface area contributed by atoms with Crippen molar-refractivity contribution < 1.29 is 9.59 Å². The summed E-state index contributed by atoms with van der Waals surface area (Å²) in [6.45, 7) is 0. The van der Waals surface area contributed by atoms with E-state index in [1.54, 1.807) is 42.5 Å². The first-order chi connectivity index (χ1) is 12.5. The zero-order chi connectivity index (χ0) is 18.3. The van der Waals surface area contributed by atoms with Crippen LogP contribution in [0.2, 0.25) is 5.02 Å². The number of hydrogen-bond acceptors (Lipinski definition) is 6. The highest BCUT2D eigenvalue weighted by Gasteiger charge is 2.34. The van der Waals surface area contributed by atoms with Crippen LogP contribution in [0.3, 0.4) is 0 Å². The van der Waals surface area contributed by atoms with Crippen LogP contribution in [-0.2, 0) is 9.59 Å². The number of anilines is 1. The van der Waals surface area contributed by atoms with Gasteiger partial charge in [-0.25, -0.2) is 0 Å². The lowest BCUT2D eigenvalue weighted by molar-refractivity contribution is -0.122. The third kappa shape index (κ3) is 2.98. The molecule has 128 valence electrons. The van der Waals surface area contributed by atoms with Crippen LogP contribution in [-0.4, -0.2) is 25.7 Å². The molecule has 0 spiro atoms. The number of fused-ring (bicyclic) bond motifs is 1. The number of hydrogen-bond donors (Lipinski definition) is 1. The summed E-state index contributed by atoms with van der Waals surface area (Å²) in [4.78, 5) is 26.5. The molecule has 2 aromatic carbocycles. The van der Waals surface area contributed by atoms with Gasteiger partial charge in [-0.15, -0.1) is 0 Å². The lowest BCUT2D eigenvalue weighted by Crippen LogP contribution is -2.54. The normalized spacial score (nSPS) is 16.4. The molecule has 26 heavy (non-hydrogen) atoms. The lowest BCUT2D eigenvalue weighted by atomic mass is 10.1. The summed E-state index contributed by atoms with van der Waals surface area (Å²) in [5.41, 5.74) is 2.65. The average Bonchev–Trinajstić information content (AvgIpc) is 3.08. The Morgan fingerprint density at radius 1 is 1.08 bits per heavy atom. The highest BCUT2D eigenvalue weighted by molar-refractivity contribution is 7.80. The van der Waals surface area contributed by atoms with E-state index in [-0.39, 0.29) is 10.7 Å². The van der Waals surface area contributed by atoms with Gasteiger partial charge >= 0.3 is 0 Å². The van der Waals surface area contributed by atoms with Crippen LogP contribution in [0.25, 0.3) is 17.1 Å². The fraction of sp³-hybridized carbons (Fsp3) is 0. The Balaban J connectivity index is 1.74. The zero-order valence-corrected chi connectivity index (χ0v) is 15.4. The molecular formula is C17H9ClN4O2S2. The number of nitrogens with zero attached hydrogens (tertiary/aromatic N) is 3. The summed E-state index contributed by atoms with van der Waals surface area (Å²) in [5, 5.41) is 3.11. The zero-order valence-electron chi connectivity index (χ0n) is 13.0. The van der Waals surface area contributed by atoms with Gasteiger partial charge < -0.3 is 0 Å². The molecular weight excluding hydrogens is 392 g/mol. The Kier molecular flexibility index (Phi) is 4.23. The van der Waals surface area contributed by atoms with Crippen LogP contribution in [0.15, 0.2) is 48.0 Å². The maximum absolute atomic E-state index is 12.9. The molecule has 1 N–H and O–H groups in total.